The van der Waals surface area contributed by atoms with Crippen molar-refractivity contribution in [3.8, 4) is 11.5 Å². The number of ether oxygens (including phenoxy) is 6. The van der Waals surface area contributed by atoms with Crippen LogP contribution in [0, 0.1) is 0 Å². The Hall–Kier alpha value is -4.95. The quantitative estimate of drug-likeness (QED) is 0.276. The Morgan fingerprint density at radius 3 is 2.25 bits per heavy atom. The molecule has 3 unspecified atom stereocenters. The second-order valence-electron chi connectivity index (χ2n) is 12.3. The molecule has 0 saturated carbocycles. The Labute approximate surface area is 275 Å². The number of benzene rings is 2. The summed E-state index contributed by atoms with van der Waals surface area (Å²) in [5.74, 6) is -5.58. The van der Waals surface area contributed by atoms with Crippen LogP contribution in [0.5, 0.6) is 11.5 Å². The summed E-state index contributed by atoms with van der Waals surface area (Å²) < 4.78 is 33.4. The van der Waals surface area contributed by atoms with Crippen molar-refractivity contribution in [3.05, 3.63) is 71.0 Å². The minimum Gasteiger partial charge on any atom is -0.493 e. The molecule has 1 spiro atoms. The third kappa shape index (κ3) is 5.15. The van der Waals surface area contributed by atoms with Gasteiger partial charge in [-0.1, -0.05) is 36.4 Å². The number of rotatable bonds is 10. The van der Waals surface area contributed by atoms with E-state index in [0.717, 1.165) is 25.0 Å². The number of aliphatic carboxylic acids is 1. The molecule has 2 aromatic carbocycles. The second kappa shape index (κ2) is 12.3. The van der Waals surface area contributed by atoms with Gasteiger partial charge < -0.3 is 43.5 Å². The fraction of sp³-hybridized carbons (Fsp3) is 0.441. The monoisotopic (exact) mass is 665 g/mol. The van der Waals surface area contributed by atoms with Gasteiger partial charge in [-0.25, -0.2) is 14.4 Å². The van der Waals surface area contributed by atoms with E-state index in [1.165, 1.54) is 37.5 Å². The Kier molecular flexibility index (Phi) is 8.42. The van der Waals surface area contributed by atoms with Crippen molar-refractivity contribution in [2.75, 3.05) is 20.7 Å². The Balaban J connectivity index is 1.35. The number of carbonyl (C=O) groups excluding carboxylic acids is 4. The number of methoxy groups -OCH3 is 1. The normalized spacial score (nSPS) is 26.7. The van der Waals surface area contributed by atoms with Crippen LogP contribution in [0.2, 0.25) is 0 Å². The number of carbonyl (C=O) groups is 5. The van der Waals surface area contributed by atoms with Crippen molar-refractivity contribution >= 4 is 29.8 Å². The van der Waals surface area contributed by atoms with Gasteiger partial charge in [0, 0.05) is 37.4 Å². The molecule has 2 bridgehead atoms. The van der Waals surface area contributed by atoms with Crippen LogP contribution in [0.4, 0.5) is 0 Å². The molecule has 2 N–H and O–H groups in total. The van der Waals surface area contributed by atoms with Crippen LogP contribution < -0.4 is 9.47 Å². The zero-order valence-electron chi connectivity index (χ0n) is 26.7. The number of nitrogens with zero attached hydrogens (tertiary/aromatic N) is 1. The number of piperidine rings is 1. The SMILES string of the molecule is COc1ccc2c3c1O[C@H]1C(OC(=O)C(OC(C)=O)C(OC(C)=O)C(=O)OC(C(=O)O)c4ccccc4)=CC[C@@]4(O)[C@@H](C2)N(C)CC[C@]314. The lowest BCUT2D eigenvalue weighted by atomic mass is 9.50. The highest BCUT2D eigenvalue weighted by atomic mass is 16.6. The van der Waals surface area contributed by atoms with Gasteiger partial charge >= 0.3 is 29.8 Å². The van der Waals surface area contributed by atoms with Gasteiger partial charge in [0.25, 0.3) is 0 Å². The highest BCUT2D eigenvalue weighted by molar-refractivity contribution is 5.90. The maximum atomic E-state index is 13.9. The summed E-state index contributed by atoms with van der Waals surface area (Å²) in [4.78, 5) is 65.8. The molecule has 2 heterocycles. The Bertz CT molecular complexity index is 1710. The first-order valence-electron chi connectivity index (χ1n) is 15.4. The molecule has 2 aliphatic heterocycles. The van der Waals surface area contributed by atoms with E-state index in [4.69, 9.17) is 28.4 Å². The summed E-state index contributed by atoms with van der Waals surface area (Å²) in [5, 5.41) is 22.2. The lowest BCUT2D eigenvalue weighted by molar-refractivity contribution is -0.195. The molecular formula is C34H35NO13. The van der Waals surface area contributed by atoms with Crippen molar-refractivity contribution in [2.45, 2.75) is 74.6 Å². The van der Waals surface area contributed by atoms with Crippen LogP contribution >= 0.6 is 0 Å². The van der Waals surface area contributed by atoms with Gasteiger partial charge in [0.05, 0.1) is 18.1 Å². The Morgan fingerprint density at radius 2 is 1.62 bits per heavy atom. The molecule has 2 aromatic rings. The van der Waals surface area contributed by atoms with Crippen LogP contribution in [-0.4, -0.2) is 95.6 Å². The summed E-state index contributed by atoms with van der Waals surface area (Å²) >= 11 is 0. The molecule has 0 aromatic heterocycles. The average molecular weight is 666 g/mol. The largest absolute Gasteiger partial charge is 0.493 e. The first kappa shape index (κ1) is 33.0. The molecule has 2 aliphatic carbocycles. The van der Waals surface area contributed by atoms with Crippen molar-refractivity contribution in [3.63, 3.8) is 0 Å². The lowest BCUT2D eigenvalue weighted by Crippen LogP contribution is -2.74. The fourth-order valence-electron chi connectivity index (χ4n) is 7.66. The smallest absolute Gasteiger partial charge is 0.357 e. The lowest BCUT2D eigenvalue weighted by Gasteiger charge is -2.61. The third-order valence-corrected chi connectivity index (χ3v) is 9.66. The van der Waals surface area contributed by atoms with Crippen LogP contribution in [0.3, 0.4) is 0 Å². The van der Waals surface area contributed by atoms with E-state index in [9.17, 15) is 34.2 Å². The number of carboxylic acid groups (broad SMARTS) is 1. The van der Waals surface area contributed by atoms with Gasteiger partial charge in [0.2, 0.25) is 18.3 Å². The third-order valence-electron chi connectivity index (χ3n) is 9.66. The summed E-state index contributed by atoms with van der Waals surface area (Å²) in [6.45, 7) is 2.51. The predicted octanol–water partition coefficient (Wildman–Crippen LogP) is 1.75. The molecule has 4 aliphatic rings. The maximum Gasteiger partial charge on any atom is 0.357 e. The molecule has 6 rings (SSSR count). The molecule has 14 heteroatoms. The van der Waals surface area contributed by atoms with Crippen molar-refractivity contribution in [2.24, 2.45) is 0 Å². The molecule has 254 valence electrons. The van der Waals surface area contributed by atoms with E-state index in [2.05, 4.69) is 4.90 Å². The summed E-state index contributed by atoms with van der Waals surface area (Å²) in [6.07, 6.45) is -4.71. The standard InChI is InChI=1S/C34H35NO13/c1-17(36)44-27(28(45-18(2)37)32(41)48-25(30(38)39)19-8-6-5-7-9-19)31(40)46-22-12-13-34(42)23-16-20-10-11-21(43-4)26-24(20)33(34,29(22)47-26)14-15-35(23)3/h5-12,23,25,27-29,42H,13-16H2,1-4H3,(H,38,39)/t23-,25?,27?,28?,29+,33+,34-/m1/s1. The number of hydrogen-bond donors (Lipinski definition) is 2. The van der Waals surface area contributed by atoms with Crippen molar-refractivity contribution in [1.82, 2.24) is 4.90 Å². The topological polar surface area (TPSA) is 184 Å². The van der Waals surface area contributed by atoms with E-state index < -0.39 is 65.3 Å². The molecule has 1 fully saturated rings. The zero-order chi connectivity index (χ0) is 34.5. The molecule has 14 nitrogen and oxygen atoms in total. The summed E-state index contributed by atoms with van der Waals surface area (Å²) in [5.41, 5.74) is -0.528. The number of carboxylic acids is 1. The first-order valence-corrected chi connectivity index (χ1v) is 15.4. The minimum atomic E-state index is -2.24. The van der Waals surface area contributed by atoms with Crippen LogP contribution in [-0.2, 0) is 54.8 Å². The summed E-state index contributed by atoms with van der Waals surface area (Å²) in [6, 6.07) is 10.9. The van der Waals surface area contributed by atoms with Gasteiger partial charge in [-0.2, -0.15) is 0 Å². The second-order valence-corrected chi connectivity index (χ2v) is 12.3. The van der Waals surface area contributed by atoms with Gasteiger partial charge in [0.15, 0.2) is 17.6 Å². The molecule has 1 saturated heterocycles. The molecule has 0 amide bonds. The fourth-order valence-corrected chi connectivity index (χ4v) is 7.66. The van der Waals surface area contributed by atoms with Crippen LogP contribution in [0.15, 0.2) is 54.3 Å². The number of hydrogen-bond acceptors (Lipinski definition) is 13. The van der Waals surface area contributed by atoms with Gasteiger partial charge in [-0.05, 0) is 44.1 Å². The van der Waals surface area contributed by atoms with Gasteiger partial charge in [0.1, 0.15) is 5.76 Å². The highest BCUT2D eigenvalue weighted by Crippen LogP contribution is 2.65. The first-order chi connectivity index (χ1) is 22.8. The predicted molar refractivity (Wildman–Crippen MR) is 162 cm³/mol. The zero-order valence-corrected chi connectivity index (χ0v) is 26.7. The average Bonchev–Trinajstić information content (AvgIpc) is 3.40. The van der Waals surface area contributed by atoms with Crippen LogP contribution in [0.1, 0.15) is 49.5 Å². The minimum absolute atomic E-state index is 0.0149. The number of likely N-dealkylation sites (tertiary alicyclic amines) is 1. The van der Waals surface area contributed by atoms with E-state index in [-0.39, 0.29) is 23.8 Å². The molecule has 7 atom stereocenters. The molecule has 0 radical (unpaired) electrons. The molecule has 48 heavy (non-hydrogen) atoms. The van der Waals surface area contributed by atoms with Gasteiger partial charge in [-0.3, -0.25) is 9.59 Å². The van der Waals surface area contributed by atoms with Gasteiger partial charge in [-0.15, -0.1) is 0 Å². The van der Waals surface area contributed by atoms with Crippen molar-refractivity contribution in [1.29, 1.82) is 0 Å². The maximum absolute atomic E-state index is 13.9. The van der Waals surface area contributed by atoms with Crippen molar-refractivity contribution < 1.29 is 62.6 Å². The van der Waals surface area contributed by atoms with Crippen LogP contribution in [0.25, 0.3) is 0 Å². The Morgan fingerprint density at radius 1 is 0.958 bits per heavy atom. The van der Waals surface area contributed by atoms with E-state index in [1.54, 1.807) is 12.1 Å². The van der Waals surface area contributed by atoms with E-state index >= 15 is 0 Å². The number of aliphatic hydroxyl groups is 1. The van der Waals surface area contributed by atoms with E-state index in [0.29, 0.717) is 30.9 Å². The highest BCUT2D eigenvalue weighted by Gasteiger charge is 2.72. The number of likely N-dealkylation sites (N-methyl/N-ethyl adjacent to an activating group) is 1. The molecular weight excluding hydrogens is 630 g/mol. The number of esters is 4. The van der Waals surface area contributed by atoms with E-state index in [1.807, 2.05) is 13.1 Å². The summed E-state index contributed by atoms with van der Waals surface area (Å²) in [7, 11) is 3.44.